The van der Waals surface area contributed by atoms with Crippen molar-refractivity contribution in [3.8, 4) is 0 Å². The topological polar surface area (TPSA) is 29.5 Å². The van der Waals surface area contributed by atoms with Crippen molar-refractivity contribution in [3.05, 3.63) is 35.9 Å². The van der Waals surface area contributed by atoms with Crippen molar-refractivity contribution in [2.45, 2.75) is 44.7 Å². The van der Waals surface area contributed by atoms with Crippen LogP contribution in [-0.4, -0.2) is 29.6 Å². The zero-order valence-corrected chi connectivity index (χ0v) is 11.5. The second kappa shape index (κ2) is 6.20. The normalized spacial score (nSPS) is 20.6. The maximum absolute atomic E-state index is 13.4. The summed E-state index contributed by atoms with van der Waals surface area (Å²) in [6.07, 6.45) is -0.640. The minimum atomic E-state index is -2.67. The Morgan fingerprint density at radius 3 is 2.65 bits per heavy atom. The van der Waals surface area contributed by atoms with Gasteiger partial charge < -0.3 is 9.64 Å². The molecule has 1 atom stereocenters. The molecule has 1 aliphatic rings. The molecule has 0 heterocycles. The third-order valence-corrected chi connectivity index (χ3v) is 3.52. The zero-order chi connectivity index (χ0) is 14.6. The average Bonchev–Trinajstić information content (AvgIpc) is 2.77. The molecule has 1 saturated carbocycles. The van der Waals surface area contributed by atoms with Crippen molar-refractivity contribution >= 4 is 6.09 Å². The second-order valence-corrected chi connectivity index (χ2v) is 5.06. The number of amides is 1. The van der Waals surface area contributed by atoms with Gasteiger partial charge in [-0.2, -0.15) is 0 Å². The Kier molecular flexibility index (Phi) is 4.57. The van der Waals surface area contributed by atoms with E-state index in [-0.39, 0.29) is 19.4 Å². The lowest BCUT2D eigenvalue weighted by Gasteiger charge is -2.28. The number of benzene rings is 1. The molecule has 5 heteroatoms. The number of alkyl halides is 2. The number of hydrogen-bond acceptors (Lipinski definition) is 2. The monoisotopic (exact) mass is 283 g/mol. The zero-order valence-electron chi connectivity index (χ0n) is 11.5. The van der Waals surface area contributed by atoms with Crippen LogP contribution in [0.25, 0.3) is 0 Å². The molecule has 20 heavy (non-hydrogen) atoms. The quantitative estimate of drug-likeness (QED) is 0.840. The van der Waals surface area contributed by atoms with Crippen LogP contribution in [0, 0.1) is 0 Å². The highest BCUT2D eigenvalue weighted by Gasteiger charge is 2.43. The standard InChI is InChI=1S/C15H19F2NO2/c1-2-20-14(19)18(11-12-6-4-3-5-7-12)13-8-9-15(16,17)10-13/h3-7,13H,2,8-11H2,1H3/t13-/m0/s1. The van der Waals surface area contributed by atoms with Gasteiger partial charge in [0.05, 0.1) is 6.61 Å². The molecule has 0 saturated heterocycles. The summed E-state index contributed by atoms with van der Waals surface area (Å²) in [6, 6.07) is 8.90. The summed E-state index contributed by atoms with van der Waals surface area (Å²) in [7, 11) is 0. The number of carbonyl (C=O) groups is 1. The van der Waals surface area contributed by atoms with E-state index in [0.717, 1.165) is 5.56 Å². The van der Waals surface area contributed by atoms with Gasteiger partial charge in [0, 0.05) is 25.4 Å². The average molecular weight is 283 g/mol. The molecule has 0 bridgehead atoms. The summed E-state index contributed by atoms with van der Waals surface area (Å²) in [5.74, 6) is -2.67. The molecule has 110 valence electrons. The van der Waals surface area contributed by atoms with Crippen LogP contribution in [0.4, 0.5) is 13.6 Å². The number of rotatable bonds is 4. The first-order chi connectivity index (χ1) is 9.52. The minimum absolute atomic E-state index is 0.164. The number of carbonyl (C=O) groups excluding carboxylic acids is 1. The Balaban J connectivity index is 2.11. The third-order valence-electron chi connectivity index (χ3n) is 3.52. The molecule has 1 aromatic rings. The van der Waals surface area contributed by atoms with E-state index in [4.69, 9.17) is 4.74 Å². The van der Waals surface area contributed by atoms with Crippen LogP contribution >= 0.6 is 0 Å². The van der Waals surface area contributed by atoms with Gasteiger partial charge in [-0.25, -0.2) is 13.6 Å². The Morgan fingerprint density at radius 1 is 1.40 bits per heavy atom. The molecule has 1 amide bonds. The van der Waals surface area contributed by atoms with Crippen molar-refractivity contribution in [3.63, 3.8) is 0 Å². The first-order valence-corrected chi connectivity index (χ1v) is 6.87. The molecule has 0 N–H and O–H groups in total. The van der Waals surface area contributed by atoms with Gasteiger partial charge >= 0.3 is 6.09 Å². The molecule has 3 nitrogen and oxygen atoms in total. The van der Waals surface area contributed by atoms with E-state index >= 15 is 0 Å². The van der Waals surface area contributed by atoms with Crippen molar-refractivity contribution in [1.82, 2.24) is 4.90 Å². The fourth-order valence-electron chi connectivity index (χ4n) is 2.52. The molecule has 1 fully saturated rings. The molecule has 0 radical (unpaired) electrons. The Morgan fingerprint density at radius 2 is 2.10 bits per heavy atom. The van der Waals surface area contributed by atoms with Crippen LogP contribution in [-0.2, 0) is 11.3 Å². The van der Waals surface area contributed by atoms with E-state index in [1.165, 1.54) is 4.90 Å². The maximum atomic E-state index is 13.4. The molecular formula is C15H19F2NO2. The Hall–Kier alpha value is -1.65. The summed E-state index contributed by atoms with van der Waals surface area (Å²) < 4.78 is 31.7. The molecule has 0 unspecified atom stereocenters. The summed E-state index contributed by atoms with van der Waals surface area (Å²) in [6.45, 7) is 2.26. The summed E-state index contributed by atoms with van der Waals surface area (Å²) >= 11 is 0. The van der Waals surface area contributed by atoms with Crippen LogP contribution in [0.5, 0.6) is 0 Å². The van der Waals surface area contributed by atoms with E-state index in [0.29, 0.717) is 13.0 Å². The first-order valence-electron chi connectivity index (χ1n) is 6.87. The summed E-state index contributed by atoms with van der Waals surface area (Å²) in [5, 5.41) is 0. The molecule has 0 aromatic heterocycles. The summed E-state index contributed by atoms with van der Waals surface area (Å²) in [4.78, 5) is 13.4. The van der Waals surface area contributed by atoms with Crippen LogP contribution in [0.3, 0.4) is 0 Å². The van der Waals surface area contributed by atoms with Gasteiger partial charge in [0.1, 0.15) is 0 Å². The van der Waals surface area contributed by atoms with Gasteiger partial charge in [-0.1, -0.05) is 30.3 Å². The van der Waals surface area contributed by atoms with Crippen molar-refractivity contribution < 1.29 is 18.3 Å². The minimum Gasteiger partial charge on any atom is -0.450 e. The number of ether oxygens (including phenoxy) is 1. The maximum Gasteiger partial charge on any atom is 0.410 e. The van der Waals surface area contributed by atoms with E-state index in [1.807, 2.05) is 30.3 Å². The van der Waals surface area contributed by atoms with Gasteiger partial charge in [0.25, 0.3) is 0 Å². The highest BCUT2D eigenvalue weighted by Crippen LogP contribution is 2.38. The van der Waals surface area contributed by atoms with Crippen molar-refractivity contribution in [1.29, 1.82) is 0 Å². The largest absolute Gasteiger partial charge is 0.450 e. The van der Waals surface area contributed by atoms with Gasteiger partial charge in [-0.3, -0.25) is 0 Å². The van der Waals surface area contributed by atoms with Gasteiger partial charge in [-0.15, -0.1) is 0 Å². The predicted octanol–water partition coefficient (Wildman–Crippen LogP) is 3.83. The molecular weight excluding hydrogens is 264 g/mol. The number of nitrogens with zero attached hydrogens (tertiary/aromatic N) is 1. The third kappa shape index (κ3) is 3.68. The second-order valence-electron chi connectivity index (χ2n) is 5.06. The first kappa shape index (κ1) is 14.8. The lowest BCUT2D eigenvalue weighted by molar-refractivity contribution is 0.000135. The molecule has 0 spiro atoms. The molecule has 0 aliphatic heterocycles. The fourth-order valence-corrected chi connectivity index (χ4v) is 2.52. The lowest BCUT2D eigenvalue weighted by Crippen LogP contribution is -2.39. The Bertz CT molecular complexity index is 450. The van der Waals surface area contributed by atoms with Crippen LogP contribution < -0.4 is 0 Å². The van der Waals surface area contributed by atoms with E-state index in [1.54, 1.807) is 6.92 Å². The van der Waals surface area contributed by atoms with Crippen LogP contribution in [0.1, 0.15) is 31.7 Å². The SMILES string of the molecule is CCOC(=O)N(Cc1ccccc1)[C@H]1CCC(F)(F)C1. The van der Waals surface area contributed by atoms with Crippen molar-refractivity contribution in [2.75, 3.05) is 6.61 Å². The van der Waals surface area contributed by atoms with Gasteiger partial charge in [-0.05, 0) is 18.9 Å². The smallest absolute Gasteiger partial charge is 0.410 e. The molecule has 1 aromatic carbocycles. The van der Waals surface area contributed by atoms with E-state index in [2.05, 4.69) is 0 Å². The number of hydrogen-bond donors (Lipinski definition) is 0. The van der Waals surface area contributed by atoms with E-state index < -0.39 is 18.1 Å². The highest BCUT2D eigenvalue weighted by atomic mass is 19.3. The lowest BCUT2D eigenvalue weighted by atomic mass is 10.1. The highest BCUT2D eigenvalue weighted by molar-refractivity contribution is 5.68. The fraction of sp³-hybridized carbons (Fsp3) is 0.533. The Labute approximate surface area is 117 Å². The molecule has 2 rings (SSSR count). The van der Waals surface area contributed by atoms with Crippen LogP contribution in [0.2, 0.25) is 0 Å². The predicted molar refractivity (Wildman–Crippen MR) is 71.6 cm³/mol. The summed E-state index contributed by atoms with van der Waals surface area (Å²) in [5.41, 5.74) is 0.913. The van der Waals surface area contributed by atoms with Gasteiger partial charge in [0.15, 0.2) is 0 Å². The van der Waals surface area contributed by atoms with Crippen molar-refractivity contribution in [2.24, 2.45) is 0 Å². The van der Waals surface area contributed by atoms with E-state index in [9.17, 15) is 13.6 Å². The number of halogens is 2. The van der Waals surface area contributed by atoms with Crippen LogP contribution in [0.15, 0.2) is 30.3 Å². The molecule has 1 aliphatic carbocycles. The van der Waals surface area contributed by atoms with Gasteiger partial charge in [0.2, 0.25) is 5.92 Å².